The van der Waals surface area contributed by atoms with Gasteiger partial charge in [-0.05, 0) is 43.7 Å². The number of rotatable bonds is 7. The summed E-state index contributed by atoms with van der Waals surface area (Å²) < 4.78 is 46.7. The number of benzene rings is 1. The molecule has 2 N–H and O–H groups in total. The number of ether oxygens (including phenoxy) is 1. The molecule has 38 heavy (non-hydrogen) atoms. The van der Waals surface area contributed by atoms with Gasteiger partial charge in [0.25, 0.3) is 0 Å². The summed E-state index contributed by atoms with van der Waals surface area (Å²) in [6.45, 7) is 0.615. The van der Waals surface area contributed by atoms with E-state index in [9.17, 15) is 22.7 Å². The largest absolute Gasteiger partial charge is 0.466 e. The maximum Gasteiger partial charge on any atom is 0.338 e. The molecule has 2 fully saturated rings. The second kappa shape index (κ2) is 11.0. The predicted molar refractivity (Wildman–Crippen MR) is 142 cm³/mol. The van der Waals surface area contributed by atoms with E-state index in [4.69, 9.17) is 21.3 Å². The average molecular weight is 583 g/mol. The molecule has 9 nitrogen and oxygen atoms in total. The minimum absolute atomic E-state index is 0.00639. The Hall–Kier alpha value is -2.38. The molecule has 0 bridgehead atoms. The molecule has 3 heterocycles. The van der Waals surface area contributed by atoms with Crippen LogP contribution in [0.4, 0.5) is 4.39 Å². The van der Waals surface area contributed by atoms with Gasteiger partial charge < -0.3 is 15.2 Å². The highest BCUT2D eigenvalue weighted by Gasteiger charge is 2.44. The number of hydrogen-bond donors (Lipinski definition) is 2. The average Bonchev–Trinajstić information content (AvgIpc) is 3.42. The molecule has 204 valence electrons. The maximum absolute atomic E-state index is 13.9. The van der Waals surface area contributed by atoms with Crippen LogP contribution in [-0.4, -0.2) is 66.7 Å². The van der Waals surface area contributed by atoms with Crippen LogP contribution in [0, 0.1) is 17.7 Å². The van der Waals surface area contributed by atoms with Gasteiger partial charge in [-0.1, -0.05) is 17.7 Å². The second-order valence-corrected chi connectivity index (χ2v) is 13.2. The third kappa shape index (κ3) is 5.12. The maximum atomic E-state index is 13.9. The number of carbonyl (C=O) groups excluding carboxylic acids is 1. The van der Waals surface area contributed by atoms with Crippen molar-refractivity contribution in [2.24, 2.45) is 16.8 Å². The molecular formula is C25H28ClFN4O5S2. The number of thiazole rings is 1. The molecule has 1 saturated heterocycles. The first-order valence-corrected chi connectivity index (χ1v) is 15.1. The molecule has 2 aliphatic heterocycles. The molecule has 0 spiro atoms. The van der Waals surface area contributed by atoms with Gasteiger partial charge in [0.05, 0.1) is 17.9 Å². The van der Waals surface area contributed by atoms with E-state index in [1.54, 1.807) is 6.20 Å². The fourth-order valence-electron chi connectivity index (χ4n) is 5.30. The zero-order valence-electron chi connectivity index (χ0n) is 20.6. The lowest BCUT2D eigenvalue weighted by molar-refractivity contribution is -0.136. The summed E-state index contributed by atoms with van der Waals surface area (Å²) in [4.78, 5) is 22.3. The highest BCUT2D eigenvalue weighted by atomic mass is 35.5. The lowest BCUT2D eigenvalue weighted by atomic mass is 9.86. The summed E-state index contributed by atoms with van der Waals surface area (Å²) in [5, 5.41) is 14.7. The Morgan fingerprint density at radius 1 is 1.32 bits per heavy atom. The number of carbonyl (C=O) groups is 1. The van der Waals surface area contributed by atoms with Crippen molar-refractivity contribution in [1.82, 2.24) is 14.6 Å². The van der Waals surface area contributed by atoms with Crippen molar-refractivity contribution in [2.75, 3.05) is 26.8 Å². The van der Waals surface area contributed by atoms with Crippen molar-refractivity contribution in [2.45, 2.75) is 37.0 Å². The monoisotopic (exact) mass is 582 g/mol. The molecule has 0 radical (unpaired) electrons. The first-order chi connectivity index (χ1) is 18.2. The van der Waals surface area contributed by atoms with Crippen LogP contribution in [0.2, 0.25) is 5.02 Å². The van der Waals surface area contributed by atoms with Crippen molar-refractivity contribution in [3.8, 4) is 0 Å². The number of aliphatic hydroxyl groups is 1. The van der Waals surface area contributed by atoms with Gasteiger partial charge in [0, 0.05) is 53.5 Å². The normalized spacial score (nSPS) is 24.9. The first kappa shape index (κ1) is 27.2. The number of allylic oxidation sites excluding steroid dienone is 1. The van der Waals surface area contributed by atoms with Gasteiger partial charge >= 0.3 is 5.97 Å². The highest BCUT2D eigenvalue weighted by molar-refractivity contribution is 7.89. The molecule has 0 amide bonds. The number of esters is 1. The molecule has 1 aliphatic carbocycles. The zero-order valence-corrected chi connectivity index (χ0v) is 23.0. The fourth-order valence-corrected chi connectivity index (χ4v) is 8.33. The molecular weight excluding hydrogens is 555 g/mol. The zero-order chi connectivity index (χ0) is 27.0. The van der Waals surface area contributed by atoms with Crippen molar-refractivity contribution >= 4 is 44.8 Å². The van der Waals surface area contributed by atoms with E-state index in [1.165, 1.54) is 41.0 Å². The van der Waals surface area contributed by atoms with Gasteiger partial charge in [-0.15, -0.1) is 11.3 Å². The Morgan fingerprint density at radius 2 is 2.05 bits per heavy atom. The van der Waals surface area contributed by atoms with Crippen LogP contribution in [0.3, 0.4) is 0 Å². The number of methoxy groups -OCH3 is 1. The number of aliphatic hydroxyl groups excluding tert-OH is 1. The van der Waals surface area contributed by atoms with Gasteiger partial charge in [-0.3, -0.25) is 4.99 Å². The Morgan fingerprint density at radius 3 is 2.66 bits per heavy atom. The Labute approximate surface area is 229 Å². The summed E-state index contributed by atoms with van der Waals surface area (Å²) in [5.41, 5.74) is 1.29. The van der Waals surface area contributed by atoms with Crippen molar-refractivity contribution in [3.63, 3.8) is 0 Å². The molecule has 2 aromatic rings. The third-order valence-corrected chi connectivity index (χ3v) is 10.9. The number of piperidine rings is 1. The first-order valence-electron chi connectivity index (χ1n) is 12.3. The number of nitrogens with one attached hydrogen (secondary N) is 1. The molecule has 5 rings (SSSR count). The molecule has 1 atom stereocenters. The number of sulfonamides is 1. The van der Waals surface area contributed by atoms with Crippen LogP contribution < -0.4 is 5.32 Å². The lowest BCUT2D eigenvalue weighted by Gasteiger charge is -2.40. The van der Waals surface area contributed by atoms with Gasteiger partial charge in [-0.25, -0.2) is 26.9 Å². The summed E-state index contributed by atoms with van der Waals surface area (Å²) in [6, 6.07) is 3.08. The van der Waals surface area contributed by atoms with Gasteiger partial charge in [-0.2, -0.15) is 0 Å². The molecule has 1 aromatic heterocycles. The van der Waals surface area contributed by atoms with Gasteiger partial charge in [0.1, 0.15) is 11.9 Å². The number of aliphatic imine (C=N–C) groups is 1. The van der Waals surface area contributed by atoms with E-state index < -0.39 is 33.1 Å². The van der Waals surface area contributed by atoms with Crippen LogP contribution >= 0.6 is 22.9 Å². The highest BCUT2D eigenvalue weighted by Crippen LogP contribution is 2.41. The molecule has 1 saturated carbocycles. The molecule has 1 unspecified atom stereocenters. The van der Waals surface area contributed by atoms with E-state index in [1.807, 2.05) is 5.38 Å². The Balaban J connectivity index is 1.47. The van der Waals surface area contributed by atoms with Crippen LogP contribution in [0.5, 0.6) is 0 Å². The summed E-state index contributed by atoms with van der Waals surface area (Å²) in [5.74, 6) is -0.794. The quantitative estimate of drug-likeness (QED) is 0.481. The van der Waals surface area contributed by atoms with Crippen molar-refractivity contribution in [3.05, 3.63) is 62.5 Å². The van der Waals surface area contributed by atoms with E-state index >= 15 is 0 Å². The third-order valence-electron chi connectivity index (χ3n) is 7.47. The standard InChI is InChI=1S/C25H28ClFN4O5S2/c1-36-25(33)20-21(15-4-7-31(8-5-15)38(34,35)17-10-14(11-17)13-32)29-23(24-28-6-9-37-24)30-22(20)18-3-2-16(27)12-19(18)26/h2-3,6,9,12,14-15,17,22,32H,4-5,7-8,10-11,13H2,1H3,(H,29,30). The summed E-state index contributed by atoms with van der Waals surface area (Å²) in [7, 11) is -2.18. The van der Waals surface area contributed by atoms with Crippen LogP contribution in [0.15, 0.2) is 46.0 Å². The summed E-state index contributed by atoms with van der Waals surface area (Å²) in [6.07, 6.45) is 3.56. The van der Waals surface area contributed by atoms with E-state index in [0.29, 0.717) is 60.9 Å². The lowest BCUT2D eigenvalue weighted by Crippen LogP contribution is -2.49. The van der Waals surface area contributed by atoms with Crippen LogP contribution in [-0.2, 0) is 19.6 Å². The number of amidine groups is 1. The van der Waals surface area contributed by atoms with E-state index in [2.05, 4.69) is 10.3 Å². The molecule has 3 aliphatic rings. The smallest absolute Gasteiger partial charge is 0.338 e. The summed E-state index contributed by atoms with van der Waals surface area (Å²) >= 11 is 7.79. The van der Waals surface area contributed by atoms with Gasteiger partial charge in [0.15, 0.2) is 10.8 Å². The van der Waals surface area contributed by atoms with Crippen LogP contribution in [0.1, 0.15) is 42.3 Å². The molecule has 1 aromatic carbocycles. The van der Waals surface area contributed by atoms with Crippen molar-refractivity contribution < 1.29 is 27.4 Å². The minimum Gasteiger partial charge on any atom is -0.466 e. The Bertz CT molecular complexity index is 1370. The number of halogens is 2. The van der Waals surface area contributed by atoms with Gasteiger partial charge in [0.2, 0.25) is 10.0 Å². The van der Waals surface area contributed by atoms with E-state index in [0.717, 1.165) is 0 Å². The topological polar surface area (TPSA) is 121 Å². The van der Waals surface area contributed by atoms with Crippen LogP contribution in [0.25, 0.3) is 0 Å². The number of hydrogen-bond acceptors (Lipinski definition) is 9. The number of nitrogens with zero attached hydrogens (tertiary/aromatic N) is 3. The van der Waals surface area contributed by atoms with Crippen molar-refractivity contribution in [1.29, 1.82) is 0 Å². The SMILES string of the molecule is COC(=O)C1=C(C2CCN(S(=O)(=O)C3CC(CO)C3)CC2)NC(c2nccs2)=NC1c1ccc(F)cc1Cl. The predicted octanol–water partition coefficient (Wildman–Crippen LogP) is 3.27. The number of aromatic nitrogens is 1. The van der Waals surface area contributed by atoms with E-state index in [-0.39, 0.29) is 29.0 Å². The Kier molecular flexibility index (Phi) is 7.88. The minimum atomic E-state index is -3.46. The molecule has 13 heteroatoms. The fraction of sp³-hybridized carbons (Fsp3) is 0.480. The second-order valence-electron chi connectivity index (χ2n) is 9.69.